The number of ether oxygens (including phenoxy) is 1. The predicted octanol–water partition coefficient (Wildman–Crippen LogP) is 4.21. The van der Waals surface area contributed by atoms with Crippen LogP contribution >= 0.6 is 0 Å². The molecule has 1 fully saturated rings. The zero-order chi connectivity index (χ0) is 13.5. The molecule has 2 rings (SSSR count). The number of hydrogen-bond donors (Lipinski definition) is 0. The van der Waals surface area contributed by atoms with Gasteiger partial charge in [0, 0.05) is 6.08 Å². The first-order chi connectivity index (χ1) is 9.31. The van der Waals surface area contributed by atoms with E-state index in [1.54, 1.807) is 6.08 Å². The summed E-state index contributed by atoms with van der Waals surface area (Å²) in [4.78, 5) is 11.8. The second-order valence-corrected chi connectivity index (χ2v) is 5.05. The van der Waals surface area contributed by atoms with Crippen molar-refractivity contribution in [2.45, 2.75) is 39.0 Å². The monoisotopic (exact) mass is 258 g/mol. The van der Waals surface area contributed by atoms with Crippen molar-refractivity contribution in [3.63, 3.8) is 0 Å². The van der Waals surface area contributed by atoms with Gasteiger partial charge in [-0.15, -0.1) is 0 Å². The molecule has 0 radical (unpaired) electrons. The highest BCUT2D eigenvalue weighted by atomic mass is 16.5. The summed E-state index contributed by atoms with van der Waals surface area (Å²) in [6.07, 6.45) is 7.91. The van der Waals surface area contributed by atoms with Crippen LogP contribution in [-0.4, -0.2) is 12.6 Å². The molecule has 0 spiro atoms. The van der Waals surface area contributed by atoms with Gasteiger partial charge < -0.3 is 4.74 Å². The number of benzene rings is 1. The Bertz CT molecular complexity index is 428. The van der Waals surface area contributed by atoms with Crippen LogP contribution in [0.3, 0.4) is 0 Å². The van der Waals surface area contributed by atoms with Gasteiger partial charge in [0.25, 0.3) is 0 Å². The van der Waals surface area contributed by atoms with Crippen molar-refractivity contribution in [1.82, 2.24) is 0 Å². The van der Waals surface area contributed by atoms with Gasteiger partial charge in [-0.2, -0.15) is 0 Å². The van der Waals surface area contributed by atoms with Gasteiger partial charge in [-0.05, 0) is 36.8 Å². The van der Waals surface area contributed by atoms with Crippen LogP contribution in [0.15, 0.2) is 36.4 Å². The molecule has 0 heterocycles. The average Bonchev–Trinajstić information content (AvgIpc) is 2.47. The Morgan fingerprint density at radius 3 is 2.53 bits per heavy atom. The Balaban J connectivity index is 2.24. The van der Waals surface area contributed by atoms with Crippen molar-refractivity contribution in [2.75, 3.05) is 6.61 Å². The summed E-state index contributed by atoms with van der Waals surface area (Å²) < 4.78 is 5.07. The van der Waals surface area contributed by atoms with Crippen molar-refractivity contribution >= 4 is 11.5 Å². The maximum atomic E-state index is 11.8. The molecule has 0 aromatic heterocycles. The fourth-order valence-corrected chi connectivity index (χ4v) is 2.79. The summed E-state index contributed by atoms with van der Waals surface area (Å²) in [5.41, 5.74) is 2.31. The van der Waals surface area contributed by atoms with Crippen LogP contribution in [0.25, 0.3) is 5.57 Å². The lowest BCUT2D eigenvalue weighted by Gasteiger charge is -2.24. The van der Waals surface area contributed by atoms with Crippen molar-refractivity contribution in [1.29, 1.82) is 0 Å². The molecule has 2 heteroatoms. The van der Waals surface area contributed by atoms with Gasteiger partial charge in [0.1, 0.15) is 0 Å². The lowest BCUT2D eigenvalue weighted by atomic mass is 9.81. The van der Waals surface area contributed by atoms with Crippen molar-refractivity contribution in [3.8, 4) is 0 Å². The van der Waals surface area contributed by atoms with Gasteiger partial charge in [0.2, 0.25) is 0 Å². The van der Waals surface area contributed by atoms with Crippen LogP contribution in [0.4, 0.5) is 0 Å². The molecule has 0 atom stereocenters. The minimum atomic E-state index is -0.216. The minimum Gasteiger partial charge on any atom is -0.463 e. The second-order valence-electron chi connectivity index (χ2n) is 5.05. The third kappa shape index (κ3) is 3.95. The Morgan fingerprint density at radius 2 is 1.89 bits per heavy atom. The highest BCUT2D eigenvalue weighted by Crippen LogP contribution is 2.35. The smallest absolute Gasteiger partial charge is 0.331 e. The largest absolute Gasteiger partial charge is 0.463 e. The van der Waals surface area contributed by atoms with Gasteiger partial charge in [-0.1, -0.05) is 49.6 Å². The lowest BCUT2D eigenvalue weighted by Crippen LogP contribution is -2.11. The van der Waals surface area contributed by atoms with E-state index >= 15 is 0 Å². The number of rotatable bonds is 4. The molecule has 1 saturated carbocycles. The first kappa shape index (κ1) is 13.9. The zero-order valence-corrected chi connectivity index (χ0v) is 11.6. The summed E-state index contributed by atoms with van der Waals surface area (Å²) in [5.74, 6) is 0.285. The summed E-state index contributed by atoms with van der Waals surface area (Å²) in [6, 6.07) is 10.2. The Kier molecular flexibility index (Phi) is 5.20. The van der Waals surface area contributed by atoms with E-state index in [2.05, 4.69) is 12.1 Å². The molecule has 1 aromatic carbocycles. The molecule has 0 saturated heterocycles. The van der Waals surface area contributed by atoms with Crippen LogP contribution in [-0.2, 0) is 9.53 Å². The van der Waals surface area contributed by atoms with Crippen molar-refractivity contribution in [3.05, 3.63) is 42.0 Å². The maximum Gasteiger partial charge on any atom is 0.331 e. The van der Waals surface area contributed by atoms with Crippen LogP contribution in [0.5, 0.6) is 0 Å². The fourth-order valence-electron chi connectivity index (χ4n) is 2.79. The van der Waals surface area contributed by atoms with Crippen molar-refractivity contribution in [2.24, 2.45) is 5.92 Å². The third-order valence-corrected chi connectivity index (χ3v) is 3.71. The Hall–Kier alpha value is -1.57. The molecule has 19 heavy (non-hydrogen) atoms. The molecule has 0 N–H and O–H groups in total. The molecule has 1 aromatic rings. The fraction of sp³-hybridized carbons (Fsp3) is 0.471. The Morgan fingerprint density at radius 1 is 1.21 bits per heavy atom. The highest BCUT2D eigenvalue weighted by molar-refractivity contribution is 5.91. The number of carbonyl (C=O) groups excluding carboxylic acids is 1. The SMILES string of the molecule is CCOC(=O)C=C(c1ccccc1)C1CCCCC1. The van der Waals surface area contributed by atoms with Gasteiger partial charge in [-0.3, -0.25) is 0 Å². The molecule has 0 aliphatic heterocycles. The van der Waals surface area contributed by atoms with E-state index in [4.69, 9.17) is 4.74 Å². The standard InChI is InChI=1S/C17H22O2/c1-2-19-17(18)13-16(14-9-5-3-6-10-14)15-11-7-4-8-12-15/h3,5-6,9-10,13,15H,2,4,7-8,11-12H2,1H3. The Labute approximate surface area is 115 Å². The number of carbonyl (C=O) groups is 1. The predicted molar refractivity (Wildman–Crippen MR) is 77.6 cm³/mol. The van der Waals surface area contributed by atoms with Gasteiger partial charge in [0.05, 0.1) is 6.61 Å². The van der Waals surface area contributed by atoms with E-state index in [0.717, 1.165) is 11.1 Å². The van der Waals surface area contributed by atoms with Gasteiger partial charge >= 0.3 is 5.97 Å². The lowest BCUT2D eigenvalue weighted by molar-refractivity contribution is -0.137. The van der Waals surface area contributed by atoms with E-state index in [0.29, 0.717) is 12.5 Å². The van der Waals surface area contributed by atoms with E-state index in [9.17, 15) is 4.79 Å². The van der Waals surface area contributed by atoms with Crippen LogP contribution < -0.4 is 0 Å². The minimum absolute atomic E-state index is 0.216. The topological polar surface area (TPSA) is 26.3 Å². The first-order valence-electron chi connectivity index (χ1n) is 7.25. The third-order valence-electron chi connectivity index (χ3n) is 3.71. The molecule has 2 nitrogen and oxygen atoms in total. The summed E-state index contributed by atoms with van der Waals surface area (Å²) in [6.45, 7) is 2.27. The van der Waals surface area contributed by atoms with Gasteiger partial charge in [0.15, 0.2) is 0 Å². The molecule has 0 amide bonds. The van der Waals surface area contributed by atoms with E-state index in [1.807, 2.05) is 25.1 Å². The second kappa shape index (κ2) is 7.13. The highest BCUT2D eigenvalue weighted by Gasteiger charge is 2.20. The van der Waals surface area contributed by atoms with Gasteiger partial charge in [-0.25, -0.2) is 4.79 Å². The summed E-state index contributed by atoms with van der Waals surface area (Å²) in [5, 5.41) is 0. The molecular formula is C17H22O2. The normalized spacial score (nSPS) is 17.2. The molecule has 1 aliphatic carbocycles. The average molecular weight is 258 g/mol. The quantitative estimate of drug-likeness (QED) is 0.597. The van der Waals surface area contributed by atoms with Crippen LogP contribution in [0.1, 0.15) is 44.6 Å². The zero-order valence-electron chi connectivity index (χ0n) is 11.6. The molecule has 0 unspecified atom stereocenters. The number of allylic oxidation sites excluding steroid dienone is 1. The molecule has 1 aliphatic rings. The number of esters is 1. The van der Waals surface area contributed by atoms with Crippen molar-refractivity contribution < 1.29 is 9.53 Å². The van der Waals surface area contributed by atoms with Crippen LogP contribution in [0.2, 0.25) is 0 Å². The first-order valence-corrected chi connectivity index (χ1v) is 7.25. The maximum absolute atomic E-state index is 11.8. The van der Waals surface area contributed by atoms with E-state index in [1.165, 1.54) is 32.1 Å². The van der Waals surface area contributed by atoms with E-state index in [-0.39, 0.29) is 5.97 Å². The summed E-state index contributed by atoms with van der Waals surface area (Å²) in [7, 11) is 0. The van der Waals surface area contributed by atoms with E-state index < -0.39 is 0 Å². The number of hydrogen-bond acceptors (Lipinski definition) is 2. The molecule has 0 bridgehead atoms. The van der Waals surface area contributed by atoms with Crippen LogP contribution in [0, 0.1) is 5.92 Å². The molecule has 102 valence electrons. The molecular weight excluding hydrogens is 236 g/mol. The summed E-state index contributed by atoms with van der Waals surface area (Å²) >= 11 is 0.